The molecule has 0 unspecified atom stereocenters. The van der Waals surface area contributed by atoms with Crippen molar-refractivity contribution in [2.24, 2.45) is 0 Å². The van der Waals surface area contributed by atoms with Crippen molar-refractivity contribution in [2.75, 3.05) is 5.32 Å². The highest BCUT2D eigenvalue weighted by Crippen LogP contribution is 2.20. The van der Waals surface area contributed by atoms with Crippen LogP contribution in [0.3, 0.4) is 0 Å². The average Bonchev–Trinajstić information content (AvgIpc) is 2.90. The maximum absolute atomic E-state index is 12.8. The molecule has 3 aromatic rings. The van der Waals surface area contributed by atoms with Crippen LogP contribution in [0.1, 0.15) is 46.6 Å². The van der Waals surface area contributed by atoms with E-state index < -0.39 is 0 Å². The van der Waals surface area contributed by atoms with Crippen molar-refractivity contribution in [2.45, 2.75) is 52.2 Å². The zero-order valence-corrected chi connectivity index (χ0v) is 19.3. The first-order chi connectivity index (χ1) is 14.5. The van der Waals surface area contributed by atoms with E-state index in [0.717, 1.165) is 58.2 Å². The third kappa shape index (κ3) is 4.60. The number of benzene rings is 2. The largest absolute Gasteiger partial charge is 0.378 e. The summed E-state index contributed by atoms with van der Waals surface area (Å²) in [7, 11) is 0. The predicted octanol–water partition coefficient (Wildman–Crippen LogP) is 5.12. The summed E-state index contributed by atoms with van der Waals surface area (Å²) in [6.07, 6.45) is 4.35. The molecule has 1 aliphatic rings. The highest BCUT2D eigenvalue weighted by Gasteiger charge is 2.27. The van der Waals surface area contributed by atoms with Gasteiger partial charge in [-0.2, -0.15) is 0 Å². The third-order valence-corrected chi connectivity index (χ3v) is 6.58. The van der Waals surface area contributed by atoms with E-state index in [1.165, 1.54) is 6.42 Å². The fourth-order valence-corrected chi connectivity index (χ4v) is 4.31. The molecule has 2 heterocycles. The van der Waals surface area contributed by atoms with Gasteiger partial charge in [-0.15, -0.1) is 4.68 Å². The summed E-state index contributed by atoms with van der Waals surface area (Å²) in [4.78, 5) is 12.8. The minimum absolute atomic E-state index is 0.0647. The molecular formula is C23H25BrClN4O+. The summed E-state index contributed by atoms with van der Waals surface area (Å²) in [5.41, 5.74) is 2.92. The number of ketones is 1. The lowest BCUT2D eigenvalue weighted by Gasteiger charge is -2.07. The molecule has 0 saturated carbocycles. The van der Waals surface area contributed by atoms with Gasteiger partial charge in [-0.25, -0.2) is 4.57 Å². The van der Waals surface area contributed by atoms with Crippen LogP contribution in [0.25, 0.3) is 0 Å². The Labute approximate surface area is 190 Å². The van der Waals surface area contributed by atoms with Crippen molar-refractivity contribution in [1.29, 1.82) is 0 Å². The summed E-state index contributed by atoms with van der Waals surface area (Å²) in [6.45, 7) is 3.83. The number of aromatic nitrogens is 3. The van der Waals surface area contributed by atoms with Gasteiger partial charge in [0.15, 0.2) is 12.3 Å². The van der Waals surface area contributed by atoms with Crippen molar-refractivity contribution in [3.05, 3.63) is 74.5 Å². The zero-order chi connectivity index (χ0) is 21.1. The number of carbonyl (C=O) groups is 1. The molecule has 0 radical (unpaired) electrons. The summed E-state index contributed by atoms with van der Waals surface area (Å²) < 4.78 is 5.08. The van der Waals surface area contributed by atoms with Gasteiger partial charge in [0, 0.05) is 26.6 Å². The lowest BCUT2D eigenvalue weighted by molar-refractivity contribution is -0.690. The predicted molar refractivity (Wildman–Crippen MR) is 122 cm³/mol. The third-order valence-electron chi connectivity index (χ3n) is 5.64. The first-order valence-electron chi connectivity index (χ1n) is 10.3. The fourth-order valence-electron chi connectivity index (χ4n) is 3.85. The SMILES string of the molecule is Cc1c(Cl)cccc1CNc1nn(CC(=O)c2ccc(Br)cc2)c2[n+]1CCCCC2. The van der Waals surface area contributed by atoms with Crippen LogP contribution in [0.4, 0.5) is 5.95 Å². The van der Waals surface area contributed by atoms with Crippen LogP contribution >= 0.6 is 27.5 Å². The van der Waals surface area contributed by atoms with E-state index in [9.17, 15) is 4.79 Å². The van der Waals surface area contributed by atoms with Crippen LogP contribution in [-0.4, -0.2) is 15.6 Å². The number of rotatable bonds is 6. The van der Waals surface area contributed by atoms with Crippen molar-refractivity contribution >= 4 is 39.3 Å². The first kappa shape index (κ1) is 21.1. The number of hydrogen-bond donors (Lipinski definition) is 1. The van der Waals surface area contributed by atoms with E-state index in [0.29, 0.717) is 12.1 Å². The molecule has 0 amide bonds. The Bertz CT molecular complexity index is 1060. The monoisotopic (exact) mass is 487 g/mol. The van der Waals surface area contributed by atoms with Gasteiger partial charge in [0.2, 0.25) is 5.82 Å². The second-order valence-corrected chi connectivity index (χ2v) is 8.99. The molecule has 2 aromatic carbocycles. The molecule has 1 N–H and O–H groups in total. The van der Waals surface area contributed by atoms with Crippen LogP contribution in [0.5, 0.6) is 0 Å². The van der Waals surface area contributed by atoms with E-state index >= 15 is 0 Å². The molecular weight excluding hydrogens is 464 g/mol. The standard InChI is InChI=1S/C23H25BrClN4O/c1-16-18(6-5-7-20(16)25)14-26-23-27-29(22-8-3-2-4-13-28(22)23)15-21(30)17-9-11-19(24)12-10-17/h5-7,9-12H,2-4,8,13-15H2,1H3,(H,26,27)/q+1. The number of Topliss-reactive ketones (excluding diaryl/α,β-unsaturated/α-hetero) is 1. The van der Waals surface area contributed by atoms with Gasteiger partial charge in [0.1, 0.15) is 0 Å². The van der Waals surface area contributed by atoms with Gasteiger partial charge in [0.05, 0.1) is 13.1 Å². The summed E-state index contributed by atoms with van der Waals surface area (Å²) in [5.74, 6) is 1.99. The molecule has 4 rings (SSSR count). The molecule has 0 bridgehead atoms. The second-order valence-electron chi connectivity index (χ2n) is 7.67. The summed E-state index contributed by atoms with van der Waals surface area (Å²) >= 11 is 9.69. The Morgan fingerprint density at radius 1 is 1.20 bits per heavy atom. The summed E-state index contributed by atoms with van der Waals surface area (Å²) in [6, 6.07) is 13.4. The normalized spacial score (nSPS) is 13.6. The topological polar surface area (TPSA) is 50.8 Å². The van der Waals surface area contributed by atoms with Crippen LogP contribution in [0, 0.1) is 6.92 Å². The molecule has 1 aliphatic heterocycles. The molecule has 0 saturated heterocycles. The highest BCUT2D eigenvalue weighted by molar-refractivity contribution is 9.10. The van der Waals surface area contributed by atoms with Gasteiger partial charge < -0.3 is 0 Å². The highest BCUT2D eigenvalue weighted by atomic mass is 79.9. The van der Waals surface area contributed by atoms with Gasteiger partial charge in [-0.05, 0) is 49.1 Å². The molecule has 0 fully saturated rings. The van der Waals surface area contributed by atoms with Gasteiger partial charge in [0.25, 0.3) is 0 Å². The number of halogens is 2. The minimum atomic E-state index is 0.0647. The van der Waals surface area contributed by atoms with Crippen molar-refractivity contribution in [3.63, 3.8) is 0 Å². The maximum Gasteiger partial charge on any atom is 0.378 e. The molecule has 1 aromatic heterocycles. The second kappa shape index (κ2) is 9.31. The van der Waals surface area contributed by atoms with E-state index in [-0.39, 0.29) is 12.3 Å². The van der Waals surface area contributed by atoms with E-state index in [1.54, 1.807) is 0 Å². The number of anilines is 1. The van der Waals surface area contributed by atoms with Crippen molar-refractivity contribution in [1.82, 2.24) is 9.78 Å². The quantitative estimate of drug-likeness (QED) is 0.387. The number of carbonyl (C=O) groups excluding carboxylic acids is 1. The fraction of sp³-hybridized carbons (Fsp3) is 0.348. The van der Waals surface area contributed by atoms with Crippen LogP contribution in [-0.2, 0) is 26.1 Å². The minimum Gasteiger partial charge on any atom is -0.291 e. The van der Waals surface area contributed by atoms with E-state index in [4.69, 9.17) is 16.7 Å². The Morgan fingerprint density at radius 2 is 2.00 bits per heavy atom. The molecule has 156 valence electrons. The van der Waals surface area contributed by atoms with Gasteiger partial charge in [-0.1, -0.05) is 58.2 Å². The molecule has 0 aliphatic carbocycles. The van der Waals surface area contributed by atoms with Crippen LogP contribution < -0.4 is 9.88 Å². The first-order valence-corrected chi connectivity index (χ1v) is 11.5. The average molecular weight is 489 g/mol. The Morgan fingerprint density at radius 3 is 2.80 bits per heavy atom. The van der Waals surface area contributed by atoms with Gasteiger partial charge >= 0.3 is 5.95 Å². The molecule has 0 spiro atoms. The number of hydrogen-bond acceptors (Lipinski definition) is 3. The molecule has 30 heavy (non-hydrogen) atoms. The van der Waals surface area contributed by atoms with E-state index in [2.05, 4.69) is 31.9 Å². The number of nitrogens with one attached hydrogen (secondary N) is 1. The smallest absolute Gasteiger partial charge is 0.291 e. The van der Waals surface area contributed by atoms with Crippen LogP contribution in [0.15, 0.2) is 46.9 Å². The lowest BCUT2D eigenvalue weighted by Crippen LogP contribution is -2.39. The van der Waals surface area contributed by atoms with Crippen LogP contribution in [0.2, 0.25) is 5.02 Å². The lowest BCUT2D eigenvalue weighted by atomic mass is 10.1. The Hall–Kier alpha value is -2.18. The van der Waals surface area contributed by atoms with Crippen molar-refractivity contribution in [3.8, 4) is 0 Å². The number of nitrogens with zero attached hydrogens (tertiary/aromatic N) is 3. The Kier molecular flexibility index (Phi) is 6.54. The van der Waals surface area contributed by atoms with Gasteiger partial charge in [-0.3, -0.25) is 10.1 Å². The molecule has 5 nitrogen and oxygen atoms in total. The molecule has 7 heteroatoms. The summed E-state index contributed by atoms with van der Waals surface area (Å²) in [5, 5.41) is 9.04. The Balaban J connectivity index is 1.58. The number of fused-ring (bicyclic) bond motifs is 1. The molecule has 0 atom stereocenters. The van der Waals surface area contributed by atoms with Crippen molar-refractivity contribution < 1.29 is 9.36 Å². The zero-order valence-electron chi connectivity index (χ0n) is 17.0. The maximum atomic E-state index is 12.8. The van der Waals surface area contributed by atoms with E-state index in [1.807, 2.05) is 48.0 Å².